The second kappa shape index (κ2) is 8.62. The van der Waals surface area contributed by atoms with Gasteiger partial charge in [-0.05, 0) is 29.7 Å². The van der Waals surface area contributed by atoms with Crippen molar-refractivity contribution in [1.82, 2.24) is 9.80 Å². The highest BCUT2D eigenvalue weighted by molar-refractivity contribution is 7.16. The molecule has 0 unspecified atom stereocenters. The normalized spacial score (nSPS) is 15.2. The van der Waals surface area contributed by atoms with Gasteiger partial charge in [0, 0.05) is 24.5 Å². The Morgan fingerprint density at radius 3 is 2.36 bits per heavy atom. The molecule has 2 aliphatic rings. The van der Waals surface area contributed by atoms with Gasteiger partial charge in [0.1, 0.15) is 17.6 Å². The van der Waals surface area contributed by atoms with Crippen molar-refractivity contribution < 1.29 is 14.4 Å². The summed E-state index contributed by atoms with van der Waals surface area (Å²) >= 11 is 1.39. The lowest BCUT2D eigenvalue weighted by Crippen LogP contribution is -2.37. The Morgan fingerprint density at radius 2 is 1.70 bits per heavy atom. The van der Waals surface area contributed by atoms with Gasteiger partial charge in [-0.25, -0.2) is 0 Å². The van der Waals surface area contributed by atoms with E-state index in [2.05, 4.69) is 28.4 Å². The molecule has 5 rings (SSSR count). The SMILES string of the molecule is N#Cc1c(NC(=O)CN2C(=O)c3ccccc3C2=O)sc2c1CCN(Cc1ccccc1)C2. The summed E-state index contributed by atoms with van der Waals surface area (Å²) in [6, 6.07) is 19.0. The molecule has 0 spiro atoms. The highest BCUT2D eigenvalue weighted by Gasteiger charge is 2.36. The van der Waals surface area contributed by atoms with Crippen molar-refractivity contribution in [1.29, 1.82) is 5.26 Å². The number of imide groups is 1. The van der Waals surface area contributed by atoms with Gasteiger partial charge in [0.15, 0.2) is 0 Å². The summed E-state index contributed by atoms with van der Waals surface area (Å²) in [6.45, 7) is 1.97. The molecule has 0 radical (unpaired) electrons. The van der Waals surface area contributed by atoms with Crippen LogP contribution < -0.4 is 5.32 Å². The Hall–Kier alpha value is -3.80. The number of nitrogens with zero attached hydrogens (tertiary/aromatic N) is 3. The third-order valence-electron chi connectivity index (χ3n) is 5.93. The zero-order valence-electron chi connectivity index (χ0n) is 17.7. The monoisotopic (exact) mass is 456 g/mol. The molecule has 2 aliphatic heterocycles. The van der Waals surface area contributed by atoms with Crippen LogP contribution in [0.25, 0.3) is 0 Å². The van der Waals surface area contributed by atoms with Gasteiger partial charge in [0.2, 0.25) is 5.91 Å². The third kappa shape index (κ3) is 3.93. The Kier molecular flexibility index (Phi) is 5.50. The van der Waals surface area contributed by atoms with Crippen LogP contribution in [0.2, 0.25) is 0 Å². The molecular formula is C25H20N4O3S. The molecule has 8 heteroatoms. The minimum atomic E-state index is -0.499. The summed E-state index contributed by atoms with van der Waals surface area (Å²) in [5.74, 6) is -1.46. The van der Waals surface area contributed by atoms with Crippen LogP contribution >= 0.6 is 11.3 Å². The van der Waals surface area contributed by atoms with Crippen molar-refractivity contribution in [2.24, 2.45) is 0 Å². The van der Waals surface area contributed by atoms with E-state index in [-0.39, 0.29) is 6.54 Å². The highest BCUT2D eigenvalue weighted by atomic mass is 32.1. The lowest BCUT2D eigenvalue weighted by atomic mass is 10.0. The number of benzene rings is 2. The molecule has 1 aromatic heterocycles. The van der Waals surface area contributed by atoms with Crippen LogP contribution in [0.4, 0.5) is 5.00 Å². The van der Waals surface area contributed by atoms with Crippen LogP contribution in [0.3, 0.4) is 0 Å². The van der Waals surface area contributed by atoms with Gasteiger partial charge < -0.3 is 5.32 Å². The Bertz CT molecular complexity index is 1270. The van der Waals surface area contributed by atoms with Crippen LogP contribution in [0.5, 0.6) is 0 Å². The van der Waals surface area contributed by atoms with Crippen molar-refractivity contribution in [2.45, 2.75) is 19.5 Å². The second-order valence-electron chi connectivity index (χ2n) is 8.06. The predicted octanol–water partition coefficient (Wildman–Crippen LogP) is 3.41. The van der Waals surface area contributed by atoms with E-state index in [1.165, 1.54) is 16.9 Å². The topological polar surface area (TPSA) is 93.5 Å². The number of thiophene rings is 1. The lowest BCUT2D eigenvalue weighted by molar-refractivity contribution is -0.116. The molecule has 1 N–H and O–H groups in total. The molecule has 2 aromatic carbocycles. The molecule has 33 heavy (non-hydrogen) atoms. The van der Waals surface area contributed by atoms with E-state index in [1.807, 2.05) is 18.2 Å². The average molecular weight is 457 g/mol. The second-order valence-corrected chi connectivity index (χ2v) is 9.16. The molecule has 7 nitrogen and oxygen atoms in total. The number of fused-ring (bicyclic) bond motifs is 2. The fraction of sp³-hybridized carbons (Fsp3) is 0.200. The van der Waals surface area contributed by atoms with Crippen molar-refractivity contribution >= 4 is 34.1 Å². The molecule has 0 saturated carbocycles. The summed E-state index contributed by atoms with van der Waals surface area (Å²) in [5.41, 5.74) is 3.29. The lowest BCUT2D eigenvalue weighted by Gasteiger charge is -2.26. The average Bonchev–Trinajstić information content (AvgIpc) is 3.29. The largest absolute Gasteiger partial charge is 0.315 e. The van der Waals surface area contributed by atoms with E-state index >= 15 is 0 Å². The number of carbonyl (C=O) groups is 3. The van der Waals surface area contributed by atoms with Crippen LogP contribution in [-0.2, 0) is 24.3 Å². The highest BCUT2D eigenvalue weighted by Crippen LogP contribution is 2.37. The first-order valence-corrected chi connectivity index (χ1v) is 11.4. The van der Waals surface area contributed by atoms with E-state index in [0.717, 1.165) is 34.9 Å². The van der Waals surface area contributed by atoms with Gasteiger partial charge in [-0.3, -0.25) is 24.2 Å². The fourth-order valence-corrected chi connectivity index (χ4v) is 5.59. The van der Waals surface area contributed by atoms with Gasteiger partial charge in [0.05, 0.1) is 16.7 Å². The van der Waals surface area contributed by atoms with Gasteiger partial charge in [-0.15, -0.1) is 11.3 Å². The van der Waals surface area contributed by atoms with Gasteiger partial charge in [-0.2, -0.15) is 5.26 Å². The quantitative estimate of drug-likeness (QED) is 0.594. The zero-order valence-corrected chi connectivity index (χ0v) is 18.5. The molecule has 3 heterocycles. The maximum atomic E-state index is 12.7. The summed E-state index contributed by atoms with van der Waals surface area (Å²) < 4.78 is 0. The van der Waals surface area contributed by atoms with Crippen molar-refractivity contribution in [2.75, 3.05) is 18.4 Å². The molecule has 0 fully saturated rings. The van der Waals surface area contributed by atoms with E-state index < -0.39 is 17.7 Å². The smallest absolute Gasteiger partial charge is 0.262 e. The van der Waals surface area contributed by atoms with Crippen molar-refractivity contribution in [3.8, 4) is 6.07 Å². The number of amides is 3. The van der Waals surface area contributed by atoms with Crippen LogP contribution in [0.15, 0.2) is 54.6 Å². The molecule has 0 atom stereocenters. The molecule has 3 aromatic rings. The maximum Gasteiger partial charge on any atom is 0.262 e. The zero-order chi connectivity index (χ0) is 22.9. The van der Waals surface area contributed by atoms with Crippen LogP contribution in [-0.4, -0.2) is 40.6 Å². The first-order valence-electron chi connectivity index (χ1n) is 10.6. The van der Waals surface area contributed by atoms with E-state index in [0.29, 0.717) is 28.2 Å². The van der Waals surface area contributed by atoms with E-state index in [4.69, 9.17) is 0 Å². The maximum absolute atomic E-state index is 12.7. The van der Waals surface area contributed by atoms with Gasteiger partial charge in [-0.1, -0.05) is 42.5 Å². The Balaban J connectivity index is 1.29. The molecule has 0 bridgehead atoms. The number of carbonyl (C=O) groups excluding carboxylic acids is 3. The van der Waals surface area contributed by atoms with Crippen molar-refractivity contribution in [3.05, 3.63) is 87.3 Å². The van der Waals surface area contributed by atoms with Crippen molar-refractivity contribution in [3.63, 3.8) is 0 Å². The summed E-state index contributed by atoms with van der Waals surface area (Å²) in [7, 11) is 0. The number of nitrogens with one attached hydrogen (secondary N) is 1. The molecule has 164 valence electrons. The van der Waals surface area contributed by atoms with Gasteiger partial charge >= 0.3 is 0 Å². The molecule has 0 aliphatic carbocycles. The Labute approximate surface area is 194 Å². The number of hydrogen-bond donors (Lipinski definition) is 1. The number of nitriles is 1. The molecule has 3 amide bonds. The predicted molar refractivity (Wildman–Crippen MR) is 124 cm³/mol. The first-order chi connectivity index (χ1) is 16.0. The first kappa shape index (κ1) is 21.1. The van der Waals surface area contributed by atoms with Gasteiger partial charge in [0.25, 0.3) is 11.8 Å². The van der Waals surface area contributed by atoms with Crippen LogP contribution in [0.1, 0.15) is 42.3 Å². The number of anilines is 1. The van der Waals surface area contributed by atoms with E-state index in [1.54, 1.807) is 24.3 Å². The summed E-state index contributed by atoms with van der Waals surface area (Å²) in [5, 5.41) is 13.0. The van der Waals surface area contributed by atoms with E-state index in [9.17, 15) is 19.6 Å². The third-order valence-corrected chi connectivity index (χ3v) is 7.06. The standard InChI is InChI=1S/C25H20N4O3S/c26-12-20-17-10-11-28(13-16-6-2-1-3-7-16)14-21(17)33-23(20)27-22(30)15-29-24(31)18-8-4-5-9-19(18)25(29)32/h1-9H,10-11,13-15H2,(H,27,30). The van der Waals surface area contributed by atoms with Crippen LogP contribution in [0, 0.1) is 11.3 Å². The molecular weight excluding hydrogens is 436 g/mol. The minimum absolute atomic E-state index is 0.304. The summed E-state index contributed by atoms with van der Waals surface area (Å²) in [4.78, 5) is 42.1. The minimum Gasteiger partial charge on any atom is -0.315 e. The number of rotatable bonds is 5. The fourth-order valence-electron chi connectivity index (χ4n) is 4.33. The molecule has 0 saturated heterocycles. The summed E-state index contributed by atoms with van der Waals surface area (Å²) in [6.07, 6.45) is 0.732. The number of hydrogen-bond acceptors (Lipinski definition) is 6. The Morgan fingerprint density at radius 1 is 1.03 bits per heavy atom.